The first-order chi connectivity index (χ1) is 19.0. The van der Waals surface area contributed by atoms with Crippen LogP contribution >= 0.6 is 0 Å². The normalized spacial score (nSPS) is 23.0. The molecule has 0 radical (unpaired) electrons. The van der Waals surface area contributed by atoms with E-state index in [1.807, 2.05) is 24.3 Å². The van der Waals surface area contributed by atoms with E-state index in [9.17, 15) is 9.00 Å². The van der Waals surface area contributed by atoms with Gasteiger partial charge in [-0.2, -0.15) is 0 Å². The molecule has 204 valence electrons. The number of carbonyl (C=O) groups is 1. The second kappa shape index (κ2) is 11.3. The maximum atomic E-state index is 13.0. The third-order valence-electron chi connectivity index (χ3n) is 8.14. The van der Waals surface area contributed by atoms with Crippen LogP contribution < -0.4 is 15.8 Å². The highest BCUT2D eigenvalue weighted by atomic mass is 32.2. The second-order valence-electron chi connectivity index (χ2n) is 11.3. The maximum absolute atomic E-state index is 13.0. The first-order valence-corrected chi connectivity index (χ1v) is 15.2. The fourth-order valence-electron chi connectivity index (χ4n) is 5.55. The molecular weight excluding hydrogens is 508 g/mol. The molecule has 1 unspecified atom stereocenters. The molecule has 6 rings (SSSR count). The Bertz CT molecular complexity index is 1330. The van der Waals surface area contributed by atoms with Crippen molar-refractivity contribution >= 4 is 22.6 Å². The van der Waals surface area contributed by atoms with Crippen LogP contribution in [0, 0.1) is 5.92 Å². The van der Waals surface area contributed by atoms with Crippen molar-refractivity contribution < 1.29 is 13.7 Å². The number of nitrogens with one attached hydrogen (secondary N) is 2. The molecule has 4 N–H and O–H groups in total. The molecule has 1 aliphatic heterocycles. The number of carbonyl (C=O) groups excluding carboxylic acids is 1. The minimum Gasteiger partial charge on any atom is -0.377 e. The maximum Gasteiger partial charge on any atom is 0.224 e. The lowest BCUT2D eigenvalue weighted by Crippen LogP contribution is -2.54. The Morgan fingerprint density at radius 1 is 0.974 bits per heavy atom. The van der Waals surface area contributed by atoms with Gasteiger partial charge in [-0.05, 0) is 61.6 Å². The van der Waals surface area contributed by atoms with Gasteiger partial charge in [0.05, 0.1) is 47.3 Å². The van der Waals surface area contributed by atoms with Crippen molar-refractivity contribution in [3.05, 3.63) is 72.4 Å². The zero-order valence-corrected chi connectivity index (χ0v) is 22.9. The number of ether oxygens (including phenoxy) is 1. The number of aromatic nitrogens is 1. The van der Waals surface area contributed by atoms with E-state index >= 15 is 0 Å². The van der Waals surface area contributed by atoms with E-state index < -0.39 is 16.5 Å². The van der Waals surface area contributed by atoms with Crippen molar-refractivity contribution in [1.29, 1.82) is 0 Å². The van der Waals surface area contributed by atoms with Crippen molar-refractivity contribution in [3.63, 3.8) is 0 Å². The lowest BCUT2D eigenvalue weighted by molar-refractivity contribution is -0.117. The number of nitrogens with zero attached hydrogens (tertiary/aromatic N) is 1. The molecule has 0 spiro atoms. The number of hydrogen-bond donors (Lipinski definition) is 3. The third kappa shape index (κ3) is 6.14. The van der Waals surface area contributed by atoms with Crippen LogP contribution in [-0.2, 0) is 26.1 Å². The fraction of sp³-hybridized carbons (Fsp3) is 0.419. The number of rotatable bonds is 9. The number of pyridine rings is 1. The van der Waals surface area contributed by atoms with Gasteiger partial charge in [0, 0.05) is 28.8 Å². The summed E-state index contributed by atoms with van der Waals surface area (Å²) in [6.07, 6.45) is 8.29. The monoisotopic (exact) mass is 544 g/mol. The molecular formula is C31H36N4O3S. The summed E-state index contributed by atoms with van der Waals surface area (Å²) >= 11 is 0. The molecule has 2 heterocycles. The van der Waals surface area contributed by atoms with Crippen LogP contribution in [0.2, 0.25) is 0 Å². The predicted octanol–water partition coefficient (Wildman–Crippen LogP) is 4.90. The Labute approximate surface area is 232 Å². The summed E-state index contributed by atoms with van der Waals surface area (Å²) in [4.78, 5) is 17.8. The highest BCUT2D eigenvalue weighted by Crippen LogP contribution is 2.35. The topological polar surface area (TPSA) is 106 Å². The lowest BCUT2D eigenvalue weighted by Gasteiger charge is -2.38. The number of benzene rings is 2. The second-order valence-corrected chi connectivity index (χ2v) is 12.8. The molecule has 1 saturated heterocycles. The summed E-state index contributed by atoms with van der Waals surface area (Å²) < 4.78 is 20.8. The highest BCUT2D eigenvalue weighted by molar-refractivity contribution is 7.84. The van der Waals surface area contributed by atoms with Crippen molar-refractivity contribution in [2.45, 2.75) is 61.8 Å². The van der Waals surface area contributed by atoms with Gasteiger partial charge in [0.2, 0.25) is 5.91 Å². The molecule has 1 amide bonds. The van der Waals surface area contributed by atoms with Crippen LogP contribution in [0.3, 0.4) is 0 Å². The quantitative estimate of drug-likeness (QED) is 0.355. The van der Waals surface area contributed by atoms with Crippen molar-refractivity contribution in [3.8, 4) is 22.4 Å². The van der Waals surface area contributed by atoms with Gasteiger partial charge < -0.3 is 15.8 Å². The molecule has 3 fully saturated rings. The Morgan fingerprint density at radius 3 is 2.33 bits per heavy atom. The summed E-state index contributed by atoms with van der Waals surface area (Å²) in [6, 6.07) is 20.7. The molecule has 2 aromatic carbocycles. The Hall–Kier alpha value is -2.91. The van der Waals surface area contributed by atoms with E-state index in [4.69, 9.17) is 15.5 Å². The fourth-order valence-corrected chi connectivity index (χ4v) is 6.87. The van der Waals surface area contributed by atoms with Gasteiger partial charge in [-0.15, -0.1) is 0 Å². The summed E-state index contributed by atoms with van der Waals surface area (Å²) in [6.45, 7) is 1.07. The van der Waals surface area contributed by atoms with Crippen molar-refractivity contribution in [1.82, 2.24) is 9.71 Å². The van der Waals surface area contributed by atoms with Crippen LogP contribution in [0.4, 0.5) is 5.69 Å². The number of anilines is 1. The smallest absolute Gasteiger partial charge is 0.224 e. The number of hydrogen-bond acceptors (Lipinski definition) is 5. The summed E-state index contributed by atoms with van der Waals surface area (Å²) in [5, 5.41) is 3.45. The van der Waals surface area contributed by atoms with E-state index in [0.29, 0.717) is 42.5 Å². The molecule has 2 aliphatic carbocycles. The molecule has 8 heteroatoms. The molecule has 2 saturated carbocycles. The van der Waals surface area contributed by atoms with E-state index in [-0.39, 0.29) is 5.91 Å². The zero-order chi connectivity index (χ0) is 26.8. The Morgan fingerprint density at radius 2 is 1.69 bits per heavy atom. The van der Waals surface area contributed by atoms with E-state index in [2.05, 4.69) is 46.4 Å². The molecule has 1 aromatic heterocycles. The van der Waals surface area contributed by atoms with Gasteiger partial charge in [-0.3, -0.25) is 9.78 Å². The molecule has 7 nitrogen and oxygen atoms in total. The first kappa shape index (κ1) is 26.3. The minimum absolute atomic E-state index is 0.0156. The third-order valence-corrected chi connectivity index (χ3v) is 9.78. The van der Waals surface area contributed by atoms with Gasteiger partial charge in [0.1, 0.15) is 0 Å². The van der Waals surface area contributed by atoms with E-state index in [1.54, 1.807) is 6.20 Å². The first-order valence-electron chi connectivity index (χ1n) is 14.0. The van der Waals surface area contributed by atoms with Crippen LogP contribution in [0.25, 0.3) is 22.4 Å². The van der Waals surface area contributed by atoms with E-state index in [1.165, 1.54) is 0 Å². The Balaban J connectivity index is 1.13. The summed E-state index contributed by atoms with van der Waals surface area (Å²) in [5.41, 5.74) is 11.6. The predicted molar refractivity (Wildman–Crippen MR) is 155 cm³/mol. The largest absolute Gasteiger partial charge is 0.377 e. The van der Waals surface area contributed by atoms with Crippen LogP contribution in [-0.4, -0.2) is 39.6 Å². The van der Waals surface area contributed by atoms with Crippen LogP contribution in [0.1, 0.15) is 50.5 Å². The highest BCUT2D eigenvalue weighted by Gasteiger charge is 2.36. The number of nitrogens with two attached hydrogens (primary N) is 1. The molecule has 3 aromatic rings. The van der Waals surface area contributed by atoms with Gasteiger partial charge in [-0.25, -0.2) is 8.93 Å². The van der Waals surface area contributed by atoms with Crippen LogP contribution in [0.15, 0.2) is 66.9 Å². The minimum atomic E-state index is -0.891. The number of amides is 1. The lowest BCUT2D eigenvalue weighted by atomic mass is 9.84. The average molecular weight is 545 g/mol. The summed E-state index contributed by atoms with van der Waals surface area (Å²) in [7, 11) is -0.891. The standard InChI is InChI=1S/C31H36N4O3S/c32-31(19-38-20-31)24-10-8-23(9-11-24)30-28(22-4-2-1-3-5-22)17-26(18-33-30)34-29(36)16-21-6-12-25(13-7-21)35-39(37)27-14-15-27/h1-5,8-11,17-18,21,25,27,35H,6-7,12-16,19-20,32H2,(H,34,36). The van der Waals surface area contributed by atoms with Gasteiger partial charge >= 0.3 is 0 Å². The Kier molecular flexibility index (Phi) is 7.62. The average Bonchev–Trinajstić information content (AvgIpc) is 3.79. The van der Waals surface area contributed by atoms with E-state index in [0.717, 1.165) is 66.5 Å². The van der Waals surface area contributed by atoms with Crippen molar-refractivity contribution in [2.24, 2.45) is 11.7 Å². The van der Waals surface area contributed by atoms with Gasteiger partial charge in [0.15, 0.2) is 0 Å². The molecule has 1 atom stereocenters. The summed E-state index contributed by atoms with van der Waals surface area (Å²) in [5.74, 6) is 0.366. The van der Waals surface area contributed by atoms with Gasteiger partial charge in [0.25, 0.3) is 0 Å². The van der Waals surface area contributed by atoms with Crippen molar-refractivity contribution in [2.75, 3.05) is 18.5 Å². The van der Waals surface area contributed by atoms with Crippen LogP contribution in [0.5, 0.6) is 0 Å². The zero-order valence-electron chi connectivity index (χ0n) is 22.1. The van der Waals surface area contributed by atoms with Gasteiger partial charge in [-0.1, -0.05) is 54.6 Å². The molecule has 39 heavy (non-hydrogen) atoms. The molecule has 3 aliphatic rings. The molecule has 0 bridgehead atoms. The SMILES string of the molecule is NC1(c2ccc(-c3ncc(NC(=O)CC4CCC(NS(=O)C5CC5)CC4)cc3-c3ccccc3)cc2)COC1.